The maximum Gasteiger partial charge on any atom is 0.257 e. The highest BCUT2D eigenvalue weighted by Gasteiger charge is 2.44. The molecule has 0 aliphatic carbocycles. The molecule has 3 unspecified atom stereocenters. The molecule has 5 heteroatoms. The van der Waals surface area contributed by atoms with Crippen molar-refractivity contribution in [1.29, 1.82) is 0 Å². The summed E-state index contributed by atoms with van der Waals surface area (Å²) >= 11 is 0. The molecule has 1 N–H and O–H groups in total. The molecule has 0 aromatic carbocycles. The first kappa shape index (κ1) is 11.6. The van der Waals surface area contributed by atoms with Crippen LogP contribution in [0.1, 0.15) is 17.3 Å². The number of aromatic nitrogens is 1. The van der Waals surface area contributed by atoms with E-state index in [2.05, 4.69) is 17.2 Å². The number of nitrogens with one attached hydrogen (secondary N) is 1. The van der Waals surface area contributed by atoms with Crippen LogP contribution in [-0.2, 0) is 0 Å². The van der Waals surface area contributed by atoms with Crippen molar-refractivity contribution in [2.75, 3.05) is 19.6 Å². The van der Waals surface area contributed by atoms with Crippen molar-refractivity contribution in [3.63, 3.8) is 0 Å². The molecule has 2 aliphatic rings. The first-order valence-corrected chi connectivity index (χ1v) is 6.29. The van der Waals surface area contributed by atoms with Gasteiger partial charge in [0.05, 0.1) is 11.8 Å². The lowest BCUT2D eigenvalue weighted by Crippen LogP contribution is -2.38. The molecule has 1 aromatic heterocycles. The van der Waals surface area contributed by atoms with Gasteiger partial charge >= 0.3 is 0 Å². The average molecular weight is 249 g/mol. The van der Waals surface area contributed by atoms with Crippen LogP contribution in [0.5, 0.6) is 0 Å². The molecule has 2 fully saturated rings. The Morgan fingerprint density at radius 2 is 2.39 bits per heavy atom. The SMILES string of the molecule is CC1C2CNCC2CN1C(=O)c1ccncc1F. The number of halogens is 1. The number of carbonyl (C=O) groups excluding carboxylic acids is 1. The zero-order chi connectivity index (χ0) is 12.7. The average Bonchev–Trinajstić information content (AvgIpc) is 2.93. The van der Waals surface area contributed by atoms with E-state index >= 15 is 0 Å². The third-order valence-corrected chi connectivity index (χ3v) is 4.20. The Morgan fingerprint density at radius 3 is 3.11 bits per heavy atom. The molecule has 3 rings (SSSR count). The molecular formula is C13H16FN3O. The van der Waals surface area contributed by atoms with Crippen LogP contribution >= 0.6 is 0 Å². The largest absolute Gasteiger partial charge is 0.335 e. The lowest BCUT2D eigenvalue weighted by Gasteiger charge is -2.24. The molecule has 3 atom stereocenters. The molecule has 18 heavy (non-hydrogen) atoms. The van der Waals surface area contributed by atoms with Crippen molar-refractivity contribution in [1.82, 2.24) is 15.2 Å². The Balaban J connectivity index is 1.84. The Morgan fingerprint density at radius 1 is 1.56 bits per heavy atom. The minimum atomic E-state index is -0.537. The zero-order valence-electron chi connectivity index (χ0n) is 10.3. The Hall–Kier alpha value is -1.49. The fraction of sp³-hybridized carbons (Fsp3) is 0.538. The van der Waals surface area contributed by atoms with E-state index in [-0.39, 0.29) is 17.5 Å². The molecule has 0 spiro atoms. The number of hydrogen-bond acceptors (Lipinski definition) is 3. The monoisotopic (exact) mass is 249 g/mol. The van der Waals surface area contributed by atoms with Gasteiger partial charge < -0.3 is 10.2 Å². The fourth-order valence-electron chi connectivity index (χ4n) is 3.14. The lowest BCUT2D eigenvalue weighted by molar-refractivity contribution is 0.0723. The summed E-state index contributed by atoms with van der Waals surface area (Å²) in [5.41, 5.74) is 0.129. The Labute approximate surface area is 105 Å². The maximum absolute atomic E-state index is 13.6. The van der Waals surface area contributed by atoms with Gasteiger partial charge in [0.15, 0.2) is 5.82 Å². The highest BCUT2D eigenvalue weighted by Crippen LogP contribution is 2.33. The maximum atomic E-state index is 13.6. The number of rotatable bonds is 1. The van der Waals surface area contributed by atoms with Crippen molar-refractivity contribution in [3.8, 4) is 0 Å². The highest BCUT2D eigenvalue weighted by molar-refractivity contribution is 5.94. The van der Waals surface area contributed by atoms with E-state index in [1.165, 1.54) is 12.3 Å². The molecule has 0 saturated carbocycles. The predicted molar refractivity (Wildman–Crippen MR) is 64.5 cm³/mol. The van der Waals surface area contributed by atoms with Gasteiger partial charge in [0, 0.05) is 31.9 Å². The summed E-state index contributed by atoms with van der Waals surface area (Å²) in [7, 11) is 0. The van der Waals surface area contributed by atoms with Crippen molar-refractivity contribution >= 4 is 5.91 Å². The van der Waals surface area contributed by atoms with E-state index in [9.17, 15) is 9.18 Å². The van der Waals surface area contributed by atoms with E-state index in [4.69, 9.17) is 0 Å². The van der Waals surface area contributed by atoms with Gasteiger partial charge in [-0.3, -0.25) is 9.78 Å². The molecule has 1 amide bonds. The van der Waals surface area contributed by atoms with Gasteiger partial charge in [0.25, 0.3) is 5.91 Å². The fourth-order valence-corrected chi connectivity index (χ4v) is 3.14. The Bertz CT molecular complexity index is 479. The van der Waals surface area contributed by atoms with Crippen molar-refractivity contribution in [3.05, 3.63) is 29.8 Å². The number of amides is 1. The topological polar surface area (TPSA) is 45.2 Å². The number of carbonyl (C=O) groups is 1. The van der Waals surface area contributed by atoms with Gasteiger partial charge in [-0.25, -0.2) is 4.39 Å². The molecule has 1 aromatic rings. The highest BCUT2D eigenvalue weighted by atomic mass is 19.1. The molecular weight excluding hydrogens is 233 g/mol. The minimum absolute atomic E-state index is 0.129. The lowest BCUT2D eigenvalue weighted by atomic mass is 9.95. The molecule has 4 nitrogen and oxygen atoms in total. The smallest absolute Gasteiger partial charge is 0.257 e. The summed E-state index contributed by atoms with van der Waals surface area (Å²) in [4.78, 5) is 17.8. The standard InChI is InChI=1S/C13H16FN3O/c1-8-11-5-16-4-9(11)7-17(8)13(18)10-2-3-15-6-12(10)14/h2-3,6,8-9,11,16H,4-5,7H2,1H3. The Kier molecular flexibility index (Phi) is 2.78. The van der Waals surface area contributed by atoms with Crippen LogP contribution in [0.15, 0.2) is 18.5 Å². The number of hydrogen-bond donors (Lipinski definition) is 1. The van der Waals surface area contributed by atoms with Crippen LogP contribution < -0.4 is 5.32 Å². The quantitative estimate of drug-likeness (QED) is 0.804. The van der Waals surface area contributed by atoms with E-state index in [1.54, 1.807) is 4.90 Å². The van der Waals surface area contributed by atoms with Gasteiger partial charge in [-0.1, -0.05) is 0 Å². The van der Waals surface area contributed by atoms with E-state index in [0.717, 1.165) is 25.8 Å². The van der Waals surface area contributed by atoms with Crippen molar-refractivity contribution in [2.45, 2.75) is 13.0 Å². The molecule has 0 bridgehead atoms. The van der Waals surface area contributed by atoms with Crippen molar-refractivity contribution < 1.29 is 9.18 Å². The molecule has 3 heterocycles. The number of fused-ring (bicyclic) bond motifs is 1. The normalized spacial score (nSPS) is 30.6. The van der Waals surface area contributed by atoms with E-state index in [1.807, 2.05) is 0 Å². The summed E-state index contributed by atoms with van der Waals surface area (Å²) in [6.07, 6.45) is 2.55. The summed E-state index contributed by atoms with van der Waals surface area (Å²) in [5.74, 6) is 0.259. The van der Waals surface area contributed by atoms with Crippen LogP contribution in [0.2, 0.25) is 0 Å². The van der Waals surface area contributed by atoms with Crippen molar-refractivity contribution in [2.24, 2.45) is 11.8 Å². The number of pyridine rings is 1. The van der Waals surface area contributed by atoms with Gasteiger partial charge in [0.2, 0.25) is 0 Å². The first-order valence-electron chi connectivity index (χ1n) is 6.29. The zero-order valence-corrected chi connectivity index (χ0v) is 10.3. The van der Waals surface area contributed by atoms with Crippen LogP contribution in [0.3, 0.4) is 0 Å². The minimum Gasteiger partial charge on any atom is -0.335 e. The molecule has 2 aliphatic heterocycles. The van der Waals surface area contributed by atoms with E-state index in [0.29, 0.717) is 11.8 Å². The molecule has 2 saturated heterocycles. The number of nitrogens with zero attached hydrogens (tertiary/aromatic N) is 2. The van der Waals surface area contributed by atoms with Gasteiger partial charge in [-0.05, 0) is 24.8 Å². The summed E-state index contributed by atoms with van der Waals surface area (Å²) in [6.45, 7) is 4.68. The summed E-state index contributed by atoms with van der Waals surface area (Å²) < 4.78 is 13.6. The van der Waals surface area contributed by atoms with Crippen LogP contribution in [-0.4, -0.2) is 41.5 Å². The third-order valence-electron chi connectivity index (χ3n) is 4.20. The van der Waals surface area contributed by atoms with Crippen LogP contribution in [0, 0.1) is 17.7 Å². The predicted octanol–water partition coefficient (Wildman–Crippen LogP) is 0.901. The first-order chi connectivity index (χ1) is 8.68. The second-order valence-electron chi connectivity index (χ2n) is 5.14. The van der Waals surface area contributed by atoms with Gasteiger partial charge in [0.1, 0.15) is 0 Å². The summed E-state index contributed by atoms with van der Waals surface area (Å²) in [5, 5.41) is 3.34. The van der Waals surface area contributed by atoms with Crippen LogP contribution in [0.4, 0.5) is 4.39 Å². The molecule has 0 radical (unpaired) electrons. The second kappa shape index (κ2) is 4.31. The van der Waals surface area contributed by atoms with Crippen LogP contribution in [0.25, 0.3) is 0 Å². The third kappa shape index (κ3) is 1.70. The summed E-state index contributed by atoms with van der Waals surface area (Å²) in [6, 6.07) is 1.63. The molecule has 96 valence electrons. The van der Waals surface area contributed by atoms with E-state index < -0.39 is 5.82 Å². The number of likely N-dealkylation sites (tertiary alicyclic amines) is 1. The van der Waals surface area contributed by atoms with Gasteiger partial charge in [-0.15, -0.1) is 0 Å². The van der Waals surface area contributed by atoms with Gasteiger partial charge in [-0.2, -0.15) is 0 Å². The second-order valence-corrected chi connectivity index (χ2v) is 5.14.